The predicted molar refractivity (Wildman–Crippen MR) is 388 cm³/mol. The third-order valence-electron chi connectivity index (χ3n) is 20.5. The van der Waals surface area contributed by atoms with Gasteiger partial charge in [0.25, 0.3) is 0 Å². The molecule has 0 aromatic carbocycles. The second kappa shape index (κ2) is 60.5. The van der Waals surface area contributed by atoms with Gasteiger partial charge in [-0.2, -0.15) is 0 Å². The molecule has 0 saturated carbocycles. The Hall–Kier alpha value is -1.73. The second-order valence-electron chi connectivity index (χ2n) is 29.2. The monoisotopic (exact) mass is 1400 g/mol. The SMILES string of the molecule is CCCCCCCCCCCCCCCCCCC/C=C/CC/C=C/C(O)C(COC1OC(CO)C(OC2OC(CO)C(OC3OC(CO)C(O)C(O)C3O)C(O)C2O)C(O)C1O)NC(=O)CCCCCCCCCCCCCCCCCCCCCCCCCCCCCCCC. The van der Waals surface area contributed by atoms with Gasteiger partial charge in [-0.1, -0.05) is 327 Å². The molecule has 0 spiro atoms. The molecule has 1 amide bonds. The Morgan fingerprint density at radius 3 is 1.02 bits per heavy atom. The molecule has 0 radical (unpaired) electrons. The van der Waals surface area contributed by atoms with Crippen molar-refractivity contribution < 1.29 is 89.4 Å². The van der Waals surface area contributed by atoms with Crippen molar-refractivity contribution in [1.82, 2.24) is 5.32 Å². The lowest BCUT2D eigenvalue weighted by Crippen LogP contribution is -2.66. The van der Waals surface area contributed by atoms with E-state index in [1.807, 2.05) is 6.08 Å². The van der Waals surface area contributed by atoms with Gasteiger partial charge >= 0.3 is 0 Å². The van der Waals surface area contributed by atoms with Gasteiger partial charge in [0.2, 0.25) is 5.91 Å². The lowest BCUT2D eigenvalue weighted by molar-refractivity contribution is -0.379. The fourth-order valence-corrected chi connectivity index (χ4v) is 14.0. The summed E-state index contributed by atoms with van der Waals surface area (Å²) in [5, 5.41) is 121. The van der Waals surface area contributed by atoms with Crippen molar-refractivity contribution in [3.8, 4) is 0 Å². The van der Waals surface area contributed by atoms with E-state index in [9.17, 15) is 61.0 Å². The normalized spacial score (nSPS) is 26.8. The summed E-state index contributed by atoms with van der Waals surface area (Å²) in [5.74, 6) is -0.277. The summed E-state index contributed by atoms with van der Waals surface area (Å²) in [7, 11) is 0. The fraction of sp³-hybridized carbons (Fsp3) is 0.937. The molecule has 0 bridgehead atoms. The van der Waals surface area contributed by atoms with Gasteiger partial charge in [-0.05, 0) is 32.1 Å². The van der Waals surface area contributed by atoms with E-state index in [0.29, 0.717) is 12.8 Å². The molecule has 0 aromatic rings. The summed E-state index contributed by atoms with van der Waals surface area (Å²) in [6, 6.07) is -0.988. The summed E-state index contributed by atoms with van der Waals surface area (Å²) in [6.07, 6.45) is 46.1. The summed E-state index contributed by atoms with van der Waals surface area (Å²) in [4.78, 5) is 13.5. The lowest BCUT2D eigenvalue weighted by atomic mass is 9.96. The maximum Gasteiger partial charge on any atom is 0.220 e. The zero-order chi connectivity index (χ0) is 71.1. The van der Waals surface area contributed by atoms with Crippen molar-refractivity contribution >= 4 is 5.91 Å². The van der Waals surface area contributed by atoms with Crippen LogP contribution in [0.25, 0.3) is 0 Å². The van der Waals surface area contributed by atoms with Crippen LogP contribution in [0.5, 0.6) is 0 Å². The van der Waals surface area contributed by atoms with Crippen LogP contribution in [-0.2, 0) is 33.2 Å². The highest BCUT2D eigenvalue weighted by molar-refractivity contribution is 5.76. The molecule has 3 aliphatic rings. The maximum atomic E-state index is 13.5. The fourth-order valence-electron chi connectivity index (χ4n) is 14.0. The minimum Gasteiger partial charge on any atom is -0.394 e. The Morgan fingerprint density at radius 2 is 0.653 bits per heavy atom. The third-order valence-corrected chi connectivity index (χ3v) is 20.5. The number of unbranched alkanes of at least 4 members (excludes halogenated alkanes) is 47. The number of nitrogens with one attached hydrogen (secondary N) is 1. The highest BCUT2D eigenvalue weighted by Gasteiger charge is 2.54. The quantitative estimate of drug-likeness (QED) is 0.0199. The number of rotatable bonds is 65. The van der Waals surface area contributed by atoms with Gasteiger partial charge in [-0.15, -0.1) is 0 Å². The molecule has 3 heterocycles. The average molecular weight is 1400 g/mol. The van der Waals surface area contributed by atoms with Crippen molar-refractivity contribution in [2.45, 2.75) is 446 Å². The standard InChI is InChI=1S/C79H149NO18/c1-3-5-7-9-11-13-15-17-19-21-23-25-27-28-29-30-31-32-33-35-37-39-41-43-45-47-49-51-53-55-57-67(85)80-62(63(84)56-54-52-50-48-46-44-42-40-38-36-34-26-24-22-20-18-16-14-12-10-8-6-4-2)61-93-77-73(91)70(88)75(65(59-82)95-77)98-79-74(92)71(89)76(66(60-83)96-79)97-78-72(90)69(87)68(86)64(58-81)94-78/h46,48,54,56,62-66,68-79,81-84,86-92H,3-45,47,49-53,55,57-61H2,1-2H3,(H,80,85)/b48-46+,56-54+. The van der Waals surface area contributed by atoms with Crippen LogP contribution < -0.4 is 5.32 Å². The molecule has 3 saturated heterocycles. The van der Waals surface area contributed by atoms with E-state index in [0.717, 1.165) is 38.5 Å². The Labute approximate surface area is 594 Å². The zero-order valence-corrected chi connectivity index (χ0v) is 61.8. The summed E-state index contributed by atoms with van der Waals surface area (Å²) >= 11 is 0. The number of allylic oxidation sites excluding steroid dienone is 3. The largest absolute Gasteiger partial charge is 0.394 e. The first-order valence-electron chi connectivity index (χ1n) is 40.6. The molecule has 12 N–H and O–H groups in total. The summed E-state index contributed by atoms with van der Waals surface area (Å²) in [6.45, 7) is 1.78. The van der Waals surface area contributed by atoms with Gasteiger partial charge < -0.3 is 89.9 Å². The Bertz CT molecular complexity index is 1870. The molecule has 3 aliphatic heterocycles. The maximum absolute atomic E-state index is 13.5. The predicted octanol–water partition coefficient (Wildman–Crippen LogP) is 13.3. The Balaban J connectivity index is 1.37. The molecule has 98 heavy (non-hydrogen) atoms. The van der Waals surface area contributed by atoms with E-state index < -0.39 is 124 Å². The molecule has 17 unspecified atom stereocenters. The highest BCUT2D eigenvalue weighted by atomic mass is 16.8. The third kappa shape index (κ3) is 40.5. The molecule has 19 heteroatoms. The van der Waals surface area contributed by atoms with Crippen molar-refractivity contribution in [2.75, 3.05) is 26.4 Å². The second-order valence-corrected chi connectivity index (χ2v) is 29.2. The van der Waals surface area contributed by atoms with Crippen LogP contribution in [0.2, 0.25) is 0 Å². The van der Waals surface area contributed by atoms with Crippen LogP contribution in [0.4, 0.5) is 0 Å². The number of amides is 1. The molecule has 19 nitrogen and oxygen atoms in total. The van der Waals surface area contributed by atoms with Crippen LogP contribution >= 0.6 is 0 Å². The Morgan fingerprint density at radius 1 is 0.357 bits per heavy atom. The zero-order valence-electron chi connectivity index (χ0n) is 61.8. The van der Waals surface area contributed by atoms with Gasteiger partial charge in [0.05, 0.1) is 38.6 Å². The number of aliphatic hydroxyl groups is 11. The molecule has 17 atom stereocenters. The van der Waals surface area contributed by atoms with E-state index >= 15 is 0 Å². The molecule has 3 fully saturated rings. The van der Waals surface area contributed by atoms with Crippen LogP contribution in [-0.4, -0.2) is 193 Å². The van der Waals surface area contributed by atoms with Crippen molar-refractivity contribution in [1.29, 1.82) is 0 Å². The van der Waals surface area contributed by atoms with Crippen molar-refractivity contribution in [3.05, 3.63) is 24.3 Å². The van der Waals surface area contributed by atoms with Gasteiger partial charge in [0.1, 0.15) is 73.2 Å². The molecule has 0 aliphatic carbocycles. The minimum atomic E-state index is -1.98. The molecular formula is C79H149NO18. The molecular weight excluding hydrogens is 1250 g/mol. The van der Waals surface area contributed by atoms with E-state index in [1.54, 1.807) is 6.08 Å². The van der Waals surface area contributed by atoms with Gasteiger partial charge in [0.15, 0.2) is 18.9 Å². The summed E-state index contributed by atoms with van der Waals surface area (Å²) in [5.41, 5.74) is 0. The average Bonchev–Trinajstić information content (AvgIpc) is 0.785. The van der Waals surface area contributed by atoms with E-state index in [4.69, 9.17) is 28.4 Å². The van der Waals surface area contributed by atoms with E-state index in [-0.39, 0.29) is 18.9 Å². The van der Waals surface area contributed by atoms with Crippen LogP contribution in [0.15, 0.2) is 24.3 Å². The molecule has 578 valence electrons. The number of hydrogen-bond donors (Lipinski definition) is 12. The molecule has 0 aromatic heterocycles. The van der Waals surface area contributed by atoms with Gasteiger partial charge in [0, 0.05) is 6.42 Å². The van der Waals surface area contributed by atoms with Crippen molar-refractivity contribution in [3.63, 3.8) is 0 Å². The number of carbonyl (C=O) groups is 1. The first-order chi connectivity index (χ1) is 47.8. The number of aliphatic hydroxyl groups excluding tert-OH is 11. The smallest absolute Gasteiger partial charge is 0.220 e. The van der Waals surface area contributed by atoms with Crippen LogP contribution in [0.3, 0.4) is 0 Å². The highest BCUT2D eigenvalue weighted by Crippen LogP contribution is 2.33. The van der Waals surface area contributed by atoms with Crippen LogP contribution in [0.1, 0.15) is 341 Å². The lowest BCUT2D eigenvalue weighted by Gasteiger charge is -2.48. The van der Waals surface area contributed by atoms with E-state index in [1.165, 1.54) is 270 Å². The first-order valence-corrected chi connectivity index (χ1v) is 40.6. The van der Waals surface area contributed by atoms with Crippen molar-refractivity contribution in [2.24, 2.45) is 0 Å². The summed E-state index contributed by atoms with van der Waals surface area (Å²) < 4.78 is 34.4. The van der Waals surface area contributed by atoms with Gasteiger partial charge in [-0.3, -0.25) is 4.79 Å². The number of hydrogen-bond acceptors (Lipinski definition) is 18. The first kappa shape index (κ1) is 90.5. The number of ether oxygens (including phenoxy) is 6. The van der Waals surface area contributed by atoms with E-state index in [2.05, 4.69) is 31.3 Å². The van der Waals surface area contributed by atoms with Crippen LogP contribution in [0, 0.1) is 0 Å². The minimum absolute atomic E-state index is 0.241. The van der Waals surface area contributed by atoms with Gasteiger partial charge in [-0.25, -0.2) is 0 Å². The number of carbonyl (C=O) groups excluding carboxylic acids is 1. The molecule has 3 rings (SSSR count). The topological polar surface area (TPSA) is 307 Å². The Kier molecular flexibility index (Phi) is 55.9.